The molecule has 0 bridgehead atoms. The number of halogens is 3. The average molecular weight is 299 g/mol. The van der Waals surface area contributed by atoms with Gasteiger partial charge in [-0.1, -0.05) is 26.0 Å². The Morgan fingerprint density at radius 1 is 1.24 bits per heavy atom. The standard InChI is InChI=1S/C14H12F3NO3/c1-7(2)8-3-5-9(6-4-8)12-18-11(14(15,16)17)10(21-12)13(19)20/h3-7H,1-2H3,(H,19,20). The van der Waals surface area contributed by atoms with Crippen LogP contribution >= 0.6 is 0 Å². The minimum Gasteiger partial charge on any atom is -0.475 e. The minimum atomic E-state index is -4.88. The summed E-state index contributed by atoms with van der Waals surface area (Å²) < 4.78 is 42.9. The largest absolute Gasteiger partial charge is 0.475 e. The highest BCUT2D eigenvalue weighted by molar-refractivity contribution is 5.86. The first kappa shape index (κ1) is 15.1. The van der Waals surface area contributed by atoms with E-state index in [0.29, 0.717) is 0 Å². The van der Waals surface area contributed by atoms with Crippen molar-refractivity contribution in [2.45, 2.75) is 25.9 Å². The lowest BCUT2D eigenvalue weighted by atomic mass is 10.0. The summed E-state index contributed by atoms with van der Waals surface area (Å²) in [4.78, 5) is 14.1. The molecule has 1 heterocycles. The number of aromatic carboxylic acids is 1. The van der Waals surface area contributed by atoms with Crippen molar-refractivity contribution in [1.29, 1.82) is 0 Å². The predicted molar refractivity (Wildman–Crippen MR) is 68.0 cm³/mol. The van der Waals surface area contributed by atoms with Gasteiger partial charge in [-0.25, -0.2) is 9.78 Å². The Morgan fingerprint density at radius 2 is 1.81 bits per heavy atom. The van der Waals surface area contributed by atoms with Crippen LogP contribution in [0.15, 0.2) is 28.7 Å². The molecule has 0 unspecified atom stereocenters. The van der Waals surface area contributed by atoms with E-state index in [-0.39, 0.29) is 17.4 Å². The monoisotopic (exact) mass is 299 g/mol. The van der Waals surface area contributed by atoms with Crippen LogP contribution in [0.4, 0.5) is 13.2 Å². The van der Waals surface area contributed by atoms with E-state index in [4.69, 9.17) is 9.52 Å². The molecule has 1 N–H and O–H groups in total. The van der Waals surface area contributed by atoms with Crippen LogP contribution in [0.5, 0.6) is 0 Å². The second-order valence-electron chi connectivity index (χ2n) is 4.78. The summed E-state index contributed by atoms with van der Waals surface area (Å²) in [5.74, 6) is -3.11. The van der Waals surface area contributed by atoms with E-state index in [1.807, 2.05) is 13.8 Å². The van der Waals surface area contributed by atoms with Crippen molar-refractivity contribution >= 4 is 5.97 Å². The maximum Gasteiger partial charge on any atom is 0.437 e. The molecular weight excluding hydrogens is 287 g/mol. The molecule has 0 spiro atoms. The van der Waals surface area contributed by atoms with E-state index in [2.05, 4.69) is 4.98 Å². The third kappa shape index (κ3) is 3.07. The fraction of sp³-hybridized carbons (Fsp3) is 0.286. The Kier molecular flexibility index (Phi) is 3.76. The van der Waals surface area contributed by atoms with Crippen LogP contribution in [-0.4, -0.2) is 16.1 Å². The maximum absolute atomic E-state index is 12.7. The highest BCUT2D eigenvalue weighted by Gasteiger charge is 2.41. The first-order valence-corrected chi connectivity index (χ1v) is 6.11. The molecule has 0 radical (unpaired) electrons. The number of carboxylic acids is 1. The number of nitrogens with zero attached hydrogens (tertiary/aromatic N) is 1. The lowest BCUT2D eigenvalue weighted by Crippen LogP contribution is -2.11. The number of rotatable bonds is 3. The van der Waals surface area contributed by atoms with Gasteiger partial charge in [0.05, 0.1) is 0 Å². The predicted octanol–water partition coefficient (Wildman–Crippen LogP) is 4.18. The molecule has 0 saturated carbocycles. The molecule has 112 valence electrons. The molecule has 0 aliphatic heterocycles. The van der Waals surface area contributed by atoms with Crippen molar-refractivity contribution in [2.75, 3.05) is 0 Å². The Bertz CT molecular complexity index is 657. The summed E-state index contributed by atoms with van der Waals surface area (Å²) in [6.45, 7) is 3.95. The van der Waals surface area contributed by atoms with Crippen LogP contribution in [0.2, 0.25) is 0 Å². The number of benzene rings is 1. The molecule has 0 aliphatic carbocycles. The van der Waals surface area contributed by atoms with E-state index >= 15 is 0 Å². The van der Waals surface area contributed by atoms with Crippen molar-refractivity contribution < 1.29 is 27.5 Å². The Labute approximate surface area is 118 Å². The summed E-state index contributed by atoms with van der Waals surface area (Å²) >= 11 is 0. The van der Waals surface area contributed by atoms with Crippen molar-refractivity contribution in [1.82, 2.24) is 4.98 Å². The lowest BCUT2D eigenvalue weighted by molar-refractivity contribution is -0.141. The molecule has 2 rings (SSSR count). The second kappa shape index (κ2) is 5.23. The second-order valence-corrected chi connectivity index (χ2v) is 4.78. The fourth-order valence-corrected chi connectivity index (χ4v) is 1.79. The van der Waals surface area contributed by atoms with Crippen LogP contribution in [0.25, 0.3) is 11.5 Å². The van der Waals surface area contributed by atoms with E-state index < -0.39 is 23.6 Å². The van der Waals surface area contributed by atoms with Gasteiger partial charge < -0.3 is 9.52 Å². The molecule has 0 amide bonds. The molecule has 0 fully saturated rings. The lowest BCUT2D eigenvalue weighted by Gasteiger charge is -2.04. The zero-order chi connectivity index (χ0) is 15.8. The van der Waals surface area contributed by atoms with Gasteiger partial charge in [0.1, 0.15) is 0 Å². The van der Waals surface area contributed by atoms with Crippen molar-refractivity contribution in [3.8, 4) is 11.5 Å². The van der Waals surface area contributed by atoms with E-state index in [9.17, 15) is 18.0 Å². The number of hydrogen-bond donors (Lipinski definition) is 1. The van der Waals surface area contributed by atoms with Gasteiger partial charge in [0, 0.05) is 5.56 Å². The zero-order valence-electron chi connectivity index (χ0n) is 11.2. The van der Waals surface area contributed by atoms with Gasteiger partial charge >= 0.3 is 12.1 Å². The summed E-state index contributed by atoms with van der Waals surface area (Å²) in [5.41, 5.74) is -0.241. The molecule has 7 heteroatoms. The van der Waals surface area contributed by atoms with Gasteiger partial charge in [-0.05, 0) is 23.6 Å². The highest BCUT2D eigenvalue weighted by atomic mass is 19.4. The van der Waals surface area contributed by atoms with E-state index in [1.165, 1.54) is 0 Å². The molecule has 1 aromatic heterocycles. The number of alkyl halides is 3. The van der Waals surface area contributed by atoms with Gasteiger partial charge in [-0.15, -0.1) is 0 Å². The van der Waals surface area contributed by atoms with Crippen LogP contribution in [-0.2, 0) is 6.18 Å². The minimum absolute atomic E-state index is 0.268. The molecule has 21 heavy (non-hydrogen) atoms. The van der Waals surface area contributed by atoms with Crippen LogP contribution in [0.1, 0.15) is 41.6 Å². The van der Waals surface area contributed by atoms with E-state index in [1.54, 1.807) is 24.3 Å². The Balaban J connectivity index is 2.47. The molecule has 2 aromatic rings. The SMILES string of the molecule is CC(C)c1ccc(-c2nc(C(F)(F)F)c(C(=O)O)o2)cc1. The quantitative estimate of drug-likeness (QED) is 0.923. The van der Waals surface area contributed by atoms with Crippen molar-refractivity contribution in [3.63, 3.8) is 0 Å². The van der Waals surface area contributed by atoms with Gasteiger partial charge in [-0.2, -0.15) is 13.2 Å². The number of aromatic nitrogens is 1. The van der Waals surface area contributed by atoms with Crippen LogP contribution in [0, 0.1) is 0 Å². The molecule has 4 nitrogen and oxygen atoms in total. The number of hydrogen-bond acceptors (Lipinski definition) is 3. The number of oxazole rings is 1. The maximum atomic E-state index is 12.7. The van der Waals surface area contributed by atoms with Gasteiger partial charge in [0.15, 0.2) is 5.69 Å². The molecular formula is C14H12F3NO3. The molecule has 0 atom stereocenters. The van der Waals surface area contributed by atoms with Gasteiger partial charge in [-0.3, -0.25) is 0 Å². The first-order chi connectivity index (χ1) is 9.70. The third-order valence-electron chi connectivity index (χ3n) is 2.91. The summed E-state index contributed by atoms with van der Waals surface area (Å²) in [6.07, 6.45) is -4.88. The van der Waals surface area contributed by atoms with E-state index in [0.717, 1.165) is 5.56 Å². The highest BCUT2D eigenvalue weighted by Crippen LogP contribution is 2.34. The number of carbonyl (C=O) groups is 1. The summed E-state index contributed by atoms with van der Waals surface area (Å²) in [5, 5.41) is 8.77. The smallest absolute Gasteiger partial charge is 0.437 e. The van der Waals surface area contributed by atoms with Crippen molar-refractivity contribution in [3.05, 3.63) is 41.3 Å². The summed E-state index contributed by atoms with van der Waals surface area (Å²) in [7, 11) is 0. The molecule has 0 saturated heterocycles. The van der Waals surface area contributed by atoms with Crippen LogP contribution in [0.3, 0.4) is 0 Å². The van der Waals surface area contributed by atoms with Crippen LogP contribution < -0.4 is 0 Å². The average Bonchev–Trinajstić information content (AvgIpc) is 2.84. The molecule has 1 aromatic carbocycles. The normalized spacial score (nSPS) is 11.9. The van der Waals surface area contributed by atoms with Gasteiger partial charge in [0.25, 0.3) is 0 Å². The summed E-state index contributed by atoms with van der Waals surface area (Å²) in [6, 6.07) is 6.57. The topological polar surface area (TPSA) is 63.3 Å². The first-order valence-electron chi connectivity index (χ1n) is 6.11. The van der Waals surface area contributed by atoms with Gasteiger partial charge in [0.2, 0.25) is 11.7 Å². The Hall–Kier alpha value is -2.31. The third-order valence-corrected chi connectivity index (χ3v) is 2.91. The zero-order valence-corrected chi connectivity index (χ0v) is 11.2. The molecule has 0 aliphatic rings. The Morgan fingerprint density at radius 3 is 2.19 bits per heavy atom. The number of carboxylic acid groups (broad SMARTS) is 1. The van der Waals surface area contributed by atoms with Crippen molar-refractivity contribution in [2.24, 2.45) is 0 Å². The fourth-order valence-electron chi connectivity index (χ4n) is 1.79.